The van der Waals surface area contributed by atoms with Crippen molar-refractivity contribution in [2.75, 3.05) is 18.5 Å². The van der Waals surface area contributed by atoms with Crippen LogP contribution >= 0.6 is 23.2 Å². The number of nitrogens with zero attached hydrogens (tertiary/aromatic N) is 2. The van der Waals surface area contributed by atoms with Crippen LogP contribution in [0.4, 0.5) is 4.79 Å². The number of rotatable bonds is 5. The SMILES string of the molecule is CC(C)(C)N(CCOc1cnccc1CN)C(=O)O.ClCCl. The lowest BCUT2D eigenvalue weighted by Crippen LogP contribution is -2.46. The number of hydrogen-bond acceptors (Lipinski definition) is 4. The van der Waals surface area contributed by atoms with Gasteiger partial charge in [-0.3, -0.25) is 4.98 Å². The Labute approximate surface area is 141 Å². The minimum absolute atomic E-state index is 0.194. The standard InChI is InChI=1S/C13H21N3O3.CH2Cl2/c1-13(2,3)16(12(17)18)6-7-19-11-9-15-5-4-10(11)8-14;2-1-3/h4-5,9H,6-8,14H2,1-3H3,(H,17,18);1H2. The van der Waals surface area contributed by atoms with Gasteiger partial charge in [-0.2, -0.15) is 0 Å². The van der Waals surface area contributed by atoms with E-state index < -0.39 is 11.6 Å². The number of carboxylic acid groups (broad SMARTS) is 1. The summed E-state index contributed by atoms with van der Waals surface area (Å²) in [5.41, 5.74) is 5.98. The van der Waals surface area contributed by atoms with E-state index in [2.05, 4.69) is 4.98 Å². The molecule has 3 N–H and O–H groups in total. The van der Waals surface area contributed by atoms with Crippen LogP contribution in [0.3, 0.4) is 0 Å². The van der Waals surface area contributed by atoms with E-state index >= 15 is 0 Å². The maximum absolute atomic E-state index is 11.1. The van der Waals surface area contributed by atoms with Gasteiger partial charge in [0, 0.05) is 23.8 Å². The average molecular weight is 352 g/mol. The summed E-state index contributed by atoms with van der Waals surface area (Å²) in [5.74, 6) is 0.601. The van der Waals surface area contributed by atoms with Gasteiger partial charge in [-0.05, 0) is 26.8 Å². The minimum atomic E-state index is -0.957. The first kappa shape index (κ1) is 20.8. The van der Waals surface area contributed by atoms with Crippen LogP contribution in [0.1, 0.15) is 26.3 Å². The summed E-state index contributed by atoms with van der Waals surface area (Å²) in [6, 6.07) is 1.79. The third kappa shape index (κ3) is 7.68. The number of nitrogens with two attached hydrogens (primary N) is 1. The molecule has 22 heavy (non-hydrogen) atoms. The van der Waals surface area contributed by atoms with Crippen molar-refractivity contribution in [2.45, 2.75) is 32.9 Å². The lowest BCUT2D eigenvalue weighted by molar-refractivity contribution is 0.0890. The topological polar surface area (TPSA) is 88.7 Å². The molecule has 0 aromatic carbocycles. The van der Waals surface area contributed by atoms with Crippen LogP contribution in [0, 0.1) is 0 Å². The van der Waals surface area contributed by atoms with Crippen molar-refractivity contribution in [3.63, 3.8) is 0 Å². The second kappa shape index (κ2) is 10.5. The average Bonchev–Trinajstić information content (AvgIpc) is 2.43. The molecule has 0 fully saturated rings. The number of alkyl halides is 2. The Kier molecular flexibility index (Phi) is 9.89. The zero-order valence-corrected chi connectivity index (χ0v) is 14.6. The third-order valence-corrected chi connectivity index (χ3v) is 2.70. The predicted molar refractivity (Wildman–Crippen MR) is 88.7 cm³/mol. The molecule has 0 aliphatic heterocycles. The van der Waals surface area contributed by atoms with Crippen LogP contribution in [-0.4, -0.2) is 45.1 Å². The Morgan fingerprint density at radius 2 is 2.05 bits per heavy atom. The van der Waals surface area contributed by atoms with Crippen LogP contribution in [0.25, 0.3) is 0 Å². The molecule has 1 aromatic heterocycles. The van der Waals surface area contributed by atoms with E-state index in [-0.39, 0.29) is 18.5 Å². The summed E-state index contributed by atoms with van der Waals surface area (Å²) in [4.78, 5) is 16.5. The van der Waals surface area contributed by atoms with E-state index in [1.54, 1.807) is 18.5 Å². The Balaban J connectivity index is 0.00000135. The molecule has 8 heteroatoms. The van der Waals surface area contributed by atoms with Crippen LogP contribution in [0.15, 0.2) is 18.5 Å². The first-order chi connectivity index (χ1) is 10.3. The molecule has 0 aliphatic rings. The molecule has 126 valence electrons. The molecule has 1 heterocycles. The number of halogens is 2. The van der Waals surface area contributed by atoms with Gasteiger partial charge in [0.05, 0.1) is 18.1 Å². The first-order valence-electron chi connectivity index (χ1n) is 6.66. The van der Waals surface area contributed by atoms with Gasteiger partial charge in [-0.1, -0.05) is 0 Å². The van der Waals surface area contributed by atoms with E-state index in [1.165, 1.54) is 4.90 Å². The highest BCUT2D eigenvalue weighted by Gasteiger charge is 2.25. The predicted octanol–water partition coefficient (Wildman–Crippen LogP) is 3.12. The highest BCUT2D eigenvalue weighted by atomic mass is 35.5. The van der Waals surface area contributed by atoms with Gasteiger partial charge >= 0.3 is 6.09 Å². The second-order valence-corrected chi connectivity index (χ2v) is 6.05. The molecule has 0 aliphatic carbocycles. The highest BCUT2D eigenvalue weighted by molar-refractivity contribution is 6.40. The van der Waals surface area contributed by atoms with Crippen LogP contribution in [-0.2, 0) is 6.54 Å². The molecule has 0 spiro atoms. The molecule has 0 saturated carbocycles. The van der Waals surface area contributed by atoms with Crippen LogP contribution in [0.2, 0.25) is 0 Å². The summed E-state index contributed by atoms with van der Waals surface area (Å²) in [6.45, 7) is 6.45. The number of amides is 1. The van der Waals surface area contributed by atoms with Crippen LogP contribution < -0.4 is 10.5 Å². The molecule has 0 unspecified atom stereocenters. The zero-order valence-electron chi connectivity index (χ0n) is 13.1. The second-order valence-electron chi connectivity index (χ2n) is 5.24. The fourth-order valence-corrected chi connectivity index (χ4v) is 1.67. The Morgan fingerprint density at radius 3 is 2.50 bits per heavy atom. The van der Waals surface area contributed by atoms with E-state index in [9.17, 15) is 4.79 Å². The smallest absolute Gasteiger partial charge is 0.407 e. The van der Waals surface area contributed by atoms with Crippen molar-refractivity contribution in [3.05, 3.63) is 24.0 Å². The van der Waals surface area contributed by atoms with Crippen molar-refractivity contribution < 1.29 is 14.6 Å². The first-order valence-corrected chi connectivity index (χ1v) is 7.73. The summed E-state index contributed by atoms with van der Waals surface area (Å²) >= 11 is 9.53. The fraction of sp³-hybridized carbons (Fsp3) is 0.571. The van der Waals surface area contributed by atoms with Crippen LogP contribution in [0.5, 0.6) is 5.75 Å². The van der Waals surface area contributed by atoms with E-state index in [4.69, 9.17) is 38.8 Å². The lowest BCUT2D eigenvalue weighted by atomic mass is 10.1. The van der Waals surface area contributed by atoms with Gasteiger partial charge in [0.1, 0.15) is 12.4 Å². The van der Waals surface area contributed by atoms with Gasteiger partial charge in [0.15, 0.2) is 0 Å². The van der Waals surface area contributed by atoms with Crippen molar-refractivity contribution in [2.24, 2.45) is 5.73 Å². The maximum Gasteiger partial charge on any atom is 0.407 e. The zero-order chi connectivity index (χ0) is 17.2. The number of carbonyl (C=O) groups is 1. The molecule has 0 radical (unpaired) electrons. The van der Waals surface area contributed by atoms with Crippen molar-refractivity contribution in [1.29, 1.82) is 0 Å². The van der Waals surface area contributed by atoms with Gasteiger partial charge in [-0.15, -0.1) is 23.2 Å². The molecule has 1 rings (SSSR count). The molecule has 0 saturated heterocycles. The highest BCUT2D eigenvalue weighted by Crippen LogP contribution is 2.17. The molecule has 0 bridgehead atoms. The Bertz CT molecular complexity index is 453. The van der Waals surface area contributed by atoms with Crippen molar-refractivity contribution >= 4 is 29.3 Å². The van der Waals surface area contributed by atoms with Gasteiger partial charge in [0.2, 0.25) is 0 Å². The number of aromatic nitrogens is 1. The Hall–Kier alpha value is -1.24. The van der Waals surface area contributed by atoms with Crippen molar-refractivity contribution in [1.82, 2.24) is 9.88 Å². The number of hydrogen-bond donors (Lipinski definition) is 2. The minimum Gasteiger partial charge on any atom is -0.490 e. The summed E-state index contributed by atoms with van der Waals surface area (Å²) in [5, 5.41) is 9.34. The van der Waals surface area contributed by atoms with Gasteiger partial charge < -0.3 is 20.5 Å². The maximum atomic E-state index is 11.1. The Morgan fingerprint density at radius 1 is 1.45 bits per heavy atom. The van der Waals surface area contributed by atoms with E-state index in [1.807, 2.05) is 20.8 Å². The third-order valence-electron chi connectivity index (χ3n) is 2.70. The summed E-state index contributed by atoms with van der Waals surface area (Å²) in [6.07, 6.45) is 2.28. The molecule has 1 aromatic rings. The van der Waals surface area contributed by atoms with E-state index in [0.717, 1.165) is 5.56 Å². The summed E-state index contributed by atoms with van der Waals surface area (Å²) < 4.78 is 5.56. The molecule has 1 amide bonds. The van der Waals surface area contributed by atoms with Gasteiger partial charge in [-0.25, -0.2) is 4.79 Å². The molecular formula is C14H23Cl2N3O3. The summed E-state index contributed by atoms with van der Waals surface area (Å²) in [7, 11) is 0. The van der Waals surface area contributed by atoms with E-state index in [0.29, 0.717) is 12.3 Å². The van der Waals surface area contributed by atoms with Gasteiger partial charge in [0.25, 0.3) is 0 Å². The number of pyridine rings is 1. The largest absolute Gasteiger partial charge is 0.490 e. The fourth-order valence-electron chi connectivity index (χ4n) is 1.67. The molecular weight excluding hydrogens is 329 g/mol. The number of ether oxygens (including phenoxy) is 1. The normalized spacial score (nSPS) is 10.5. The quantitative estimate of drug-likeness (QED) is 0.795. The lowest BCUT2D eigenvalue weighted by Gasteiger charge is -2.33. The molecule has 0 atom stereocenters. The molecule has 6 nitrogen and oxygen atoms in total. The van der Waals surface area contributed by atoms with Crippen molar-refractivity contribution in [3.8, 4) is 5.75 Å². The monoisotopic (exact) mass is 351 g/mol.